The fourth-order valence-corrected chi connectivity index (χ4v) is 5.07. The number of allylic oxidation sites excluding steroid dienone is 4. The fraction of sp³-hybridized carbons (Fsp3) is 0.526. The summed E-state index contributed by atoms with van der Waals surface area (Å²) in [6.07, 6.45) is 12.8. The second kappa shape index (κ2) is 9.80. The molecule has 0 bridgehead atoms. The van der Waals surface area contributed by atoms with Crippen LogP contribution in [0.5, 0.6) is 0 Å². The SMILES string of the molecule is CC(C)=CCC/C(C)=C/C[Se](=O)[C]1[CH][CH][CH][C]1[C@H](C)N(C)C. The van der Waals surface area contributed by atoms with Gasteiger partial charge in [0.1, 0.15) is 0 Å². The monoisotopic (exact) mass is 368 g/mol. The first-order valence-corrected chi connectivity index (χ1v) is 10.7. The van der Waals surface area contributed by atoms with E-state index in [-0.39, 0.29) is 0 Å². The molecular weight excluding hydrogens is 337 g/mol. The molecule has 1 aliphatic carbocycles. The van der Waals surface area contributed by atoms with Crippen LogP contribution in [-0.4, -0.2) is 38.9 Å². The van der Waals surface area contributed by atoms with Crippen molar-refractivity contribution in [2.75, 3.05) is 14.1 Å². The minimum atomic E-state index is -1.98. The molecule has 123 valence electrons. The fourth-order valence-electron chi connectivity index (χ4n) is 2.25. The normalized spacial score (nSPS) is 20.4. The third-order valence-corrected chi connectivity index (χ3v) is 6.75. The van der Waals surface area contributed by atoms with Gasteiger partial charge in [-0.2, -0.15) is 0 Å². The van der Waals surface area contributed by atoms with Crippen LogP contribution in [0, 0.1) is 30.0 Å². The number of hydrogen-bond acceptors (Lipinski definition) is 2. The van der Waals surface area contributed by atoms with Gasteiger partial charge in [0.25, 0.3) is 0 Å². The average Bonchev–Trinajstić information content (AvgIpc) is 2.92. The first-order chi connectivity index (χ1) is 10.3. The Balaban J connectivity index is 2.51. The molecule has 0 aromatic heterocycles. The Morgan fingerprint density at radius 1 is 1.23 bits per heavy atom. The molecule has 5 radical (unpaired) electrons. The van der Waals surface area contributed by atoms with Gasteiger partial charge in [0.2, 0.25) is 0 Å². The van der Waals surface area contributed by atoms with E-state index < -0.39 is 13.8 Å². The molecule has 0 N–H and O–H groups in total. The molecule has 3 heteroatoms. The summed E-state index contributed by atoms with van der Waals surface area (Å²) in [6.45, 7) is 8.56. The van der Waals surface area contributed by atoms with Gasteiger partial charge in [0.05, 0.1) is 0 Å². The molecular formula is C19H30NOSe. The molecule has 2 nitrogen and oxygen atoms in total. The Morgan fingerprint density at radius 3 is 2.50 bits per heavy atom. The Hall–Kier alpha value is -0.241. The first kappa shape index (κ1) is 19.8. The van der Waals surface area contributed by atoms with Crippen molar-refractivity contribution in [3.8, 4) is 0 Å². The zero-order chi connectivity index (χ0) is 16.7. The zero-order valence-electron chi connectivity index (χ0n) is 14.8. The molecule has 1 rings (SSSR count). The van der Waals surface area contributed by atoms with Crippen LogP contribution in [0.4, 0.5) is 0 Å². The molecule has 0 amide bonds. The van der Waals surface area contributed by atoms with Crippen molar-refractivity contribution in [3.05, 3.63) is 53.3 Å². The van der Waals surface area contributed by atoms with Crippen LogP contribution in [0.25, 0.3) is 0 Å². The summed E-state index contributed by atoms with van der Waals surface area (Å²) in [5.41, 5.74) is 2.71. The van der Waals surface area contributed by atoms with Crippen LogP contribution in [0.2, 0.25) is 5.32 Å². The quantitative estimate of drug-likeness (QED) is 0.469. The molecule has 1 unspecified atom stereocenters. The zero-order valence-corrected chi connectivity index (χ0v) is 16.6. The number of rotatable bonds is 8. The van der Waals surface area contributed by atoms with Gasteiger partial charge in [-0.1, -0.05) is 0 Å². The molecule has 2 atom stereocenters. The summed E-state index contributed by atoms with van der Waals surface area (Å²) in [5.74, 6) is 1.22. The number of hydrogen-bond donors (Lipinski definition) is 0. The minimum absolute atomic E-state index is 0.313. The molecule has 1 fully saturated rings. The first-order valence-electron chi connectivity index (χ1n) is 7.92. The van der Waals surface area contributed by atoms with Crippen LogP contribution >= 0.6 is 0 Å². The van der Waals surface area contributed by atoms with Gasteiger partial charge in [0.15, 0.2) is 0 Å². The summed E-state index contributed by atoms with van der Waals surface area (Å²) in [4.78, 5) is 3.24. The van der Waals surface area contributed by atoms with Gasteiger partial charge in [-0.15, -0.1) is 0 Å². The van der Waals surface area contributed by atoms with Crippen molar-refractivity contribution < 1.29 is 3.83 Å². The van der Waals surface area contributed by atoms with Crippen LogP contribution < -0.4 is 0 Å². The summed E-state index contributed by atoms with van der Waals surface area (Å²) >= 11 is -1.98. The molecule has 22 heavy (non-hydrogen) atoms. The molecule has 0 spiro atoms. The van der Waals surface area contributed by atoms with E-state index in [1.165, 1.54) is 17.1 Å². The van der Waals surface area contributed by atoms with E-state index in [2.05, 4.69) is 65.3 Å². The molecule has 0 heterocycles. The predicted octanol–water partition coefficient (Wildman–Crippen LogP) is 4.37. The second-order valence-corrected chi connectivity index (χ2v) is 9.44. The van der Waals surface area contributed by atoms with Crippen molar-refractivity contribution in [2.45, 2.75) is 51.9 Å². The number of nitrogens with zero attached hydrogens (tertiary/aromatic N) is 1. The average molecular weight is 367 g/mol. The molecule has 0 saturated heterocycles. The van der Waals surface area contributed by atoms with Gasteiger partial charge in [-0.25, -0.2) is 0 Å². The van der Waals surface area contributed by atoms with Crippen molar-refractivity contribution in [3.63, 3.8) is 0 Å². The van der Waals surface area contributed by atoms with Gasteiger partial charge >= 0.3 is 142 Å². The Kier molecular flexibility index (Phi) is 8.82. The van der Waals surface area contributed by atoms with E-state index in [1.807, 2.05) is 12.8 Å². The van der Waals surface area contributed by atoms with Crippen molar-refractivity contribution in [1.29, 1.82) is 0 Å². The van der Waals surface area contributed by atoms with E-state index in [0.717, 1.165) is 17.7 Å². The third kappa shape index (κ3) is 6.48. The van der Waals surface area contributed by atoms with Gasteiger partial charge in [-0.3, -0.25) is 0 Å². The second-order valence-electron chi connectivity index (χ2n) is 6.37. The maximum atomic E-state index is 12.7. The van der Waals surface area contributed by atoms with E-state index >= 15 is 0 Å². The standard InChI is InChI=1S/C19H30NOSe/c1-15(2)9-7-10-16(3)13-14-22(21)19-12-8-11-18(19)17(4)20(5)6/h8-9,11-13,17H,7,10,14H2,1-6H3/b16-13+/t17-,22?/m0/s1. The Labute approximate surface area is 142 Å². The van der Waals surface area contributed by atoms with Crippen molar-refractivity contribution >= 4 is 13.8 Å². The van der Waals surface area contributed by atoms with Gasteiger partial charge in [0, 0.05) is 0 Å². The Bertz CT molecular complexity index is 421. The van der Waals surface area contributed by atoms with Crippen molar-refractivity contribution in [1.82, 2.24) is 4.90 Å². The van der Waals surface area contributed by atoms with Crippen molar-refractivity contribution in [2.24, 2.45) is 0 Å². The van der Waals surface area contributed by atoms with Crippen LogP contribution in [0.1, 0.15) is 40.5 Å². The molecule has 1 aliphatic rings. The predicted molar refractivity (Wildman–Crippen MR) is 96.2 cm³/mol. The van der Waals surface area contributed by atoms with E-state index in [1.54, 1.807) is 0 Å². The van der Waals surface area contributed by atoms with Crippen LogP contribution in [-0.2, 0) is 3.83 Å². The van der Waals surface area contributed by atoms with E-state index in [9.17, 15) is 3.83 Å². The molecule has 0 aromatic rings. The summed E-state index contributed by atoms with van der Waals surface area (Å²) < 4.78 is 12.7. The summed E-state index contributed by atoms with van der Waals surface area (Å²) in [5, 5.41) is 0.706. The molecule has 1 saturated carbocycles. The van der Waals surface area contributed by atoms with Crippen LogP contribution in [0.3, 0.4) is 0 Å². The van der Waals surface area contributed by atoms with Gasteiger partial charge in [-0.05, 0) is 0 Å². The van der Waals surface area contributed by atoms with Gasteiger partial charge < -0.3 is 0 Å². The molecule has 0 aliphatic heterocycles. The summed E-state index contributed by atoms with van der Waals surface area (Å²) in [6, 6.07) is 0.313. The maximum absolute atomic E-state index is 12.7. The Morgan fingerprint density at radius 2 is 1.91 bits per heavy atom. The topological polar surface area (TPSA) is 20.3 Å². The van der Waals surface area contributed by atoms with E-state index in [0.29, 0.717) is 11.4 Å². The van der Waals surface area contributed by atoms with E-state index in [4.69, 9.17) is 0 Å². The van der Waals surface area contributed by atoms with Crippen LogP contribution in [0.15, 0.2) is 23.3 Å². The molecule has 0 aromatic carbocycles. The summed E-state index contributed by atoms with van der Waals surface area (Å²) in [7, 11) is 4.13. The third-order valence-electron chi connectivity index (χ3n) is 3.95.